The molecule has 0 saturated heterocycles. The maximum absolute atomic E-state index is 5.66. The summed E-state index contributed by atoms with van der Waals surface area (Å²) in [4.78, 5) is 0. The standard InChI is InChI=1S/C23H31NO/c1-2-3-4-5-6-7-8-11-16-24-23-20-14-10-9-13-19(20)18-21(23)22-15-12-17-25-22/h9-10,12-15,17-18,23-24H,2-8,11,16H2,1H3. The maximum atomic E-state index is 5.66. The summed E-state index contributed by atoms with van der Waals surface area (Å²) >= 11 is 0. The Morgan fingerprint density at radius 1 is 0.880 bits per heavy atom. The van der Waals surface area contributed by atoms with Crippen molar-refractivity contribution in [2.45, 2.75) is 64.3 Å². The number of hydrogen-bond donors (Lipinski definition) is 1. The van der Waals surface area contributed by atoms with Gasteiger partial charge in [0.15, 0.2) is 0 Å². The Morgan fingerprint density at radius 2 is 1.64 bits per heavy atom. The summed E-state index contributed by atoms with van der Waals surface area (Å²) in [5, 5.41) is 3.76. The summed E-state index contributed by atoms with van der Waals surface area (Å²) in [7, 11) is 0. The highest BCUT2D eigenvalue weighted by Crippen LogP contribution is 2.40. The van der Waals surface area contributed by atoms with Crippen LogP contribution in [0.4, 0.5) is 0 Å². The van der Waals surface area contributed by atoms with Gasteiger partial charge in [0.2, 0.25) is 0 Å². The SMILES string of the molecule is CCCCCCCCCCNC1C(c2ccco2)=Cc2ccccc21. The third kappa shape index (κ3) is 4.85. The van der Waals surface area contributed by atoms with E-state index >= 15 is 0 Å². The van der Waals surface area contributed by atoms with Crippen LogP contribution in [0.25, 0.3) is 11.6 Å². The van der Waals surface area contributed by atoms with Crippen molar-refractivity contribution in [2.75, 3.05) is 6.54 Å². The van der Waals surface area contributed by atoms with Crippen molar-refractivity contribution in [1.82, 2.24) is 5.32 Å². The van der Waals surface area contributed by atoms with Gasteiger partial charge < -0.3 is 9.73 Å². The van der Waals surface area contributed by atoms with Crippen LogP contribution in [0.15, 0.2) is 47.1 Å². The first kappa shape index (κ1) is 18.0. The highest BCUT2D eigenvalue weighted by molar-refractivity contribution is 5.89. The van der Waals surface area contributed by atoms with Gasteiger partial charge in [0, 0.05) is 5.57 Å². The van der Waals surface area contributed by atoms with Crippen LogP contribution in [0.3, 0.4) is 0 Å². The molecule has 1 aromatic carbocycles. The van der Waals surface area contributed by atoms with Crippen molar-refractivity contribution >= 4 is 11.6 Å². The molecule has 0 saturated carbocycles. The molecule has 0 radical (unpaired) electrons. The average molecular weight is 338 g/mol. The molecule has 1 N–H and O–H groups in total. The summed E-state index contributed by atoms with van der Waals surface area (Å²) in [5.74, 6) is 0.977. The molecule has 1 unspecified atom stereocenters. The molecule has 0 fully saturated rings. The molecule has 134 valence electrons. The summed E-state index contributed by atoms with van der Waals surface area (Å²) in [6.07, 6.45) is 14.9. The number of furan rings is 1. The zero-order chi connectivity index (χ0) is 17.3. The second kappa shape index (κ2) is 9.62. The third-order valence-corrected chi connectivity index (χ3v) is 5.11. The minimum Gasteiger partial charge on any atom is -0.465 e. The normalized spacial score (nSPS) is 16.0. The van der Waals surface area contributed by atoms with E-state index in [1.165, 1.54) is 68.1 Å². The van der Waals surface area contributed by atoms with E-state index in [4.69, 9.17) is 4.42 Å². The van der Waals surface area contributed by atoms with Gasteiger partial charge in [-0.2, -0.15) is 0 Å². The van der Waals surface area contributed by atoms with Crippen molar-refractivity contribution in [3.63, 3.8) is 0 Å². The lowest BCUT2D eigenvalue weighted by Gasteiger charge is -2.17. The Labute approximate surface area is 152 Å². The summed E-state index contributed by atoms with van der Waals surface area (Å²) < 4.78 is 5.66. The van der Waals surface area contributed by atoms with E-state index < -0.39 is 0 Å². The highest BCUT2D eigenvalue weighted by Gasteiger charge is 2.26. The topological polar surface area (TPSA) is 25.2 Å². The first-order chi connectivity index (χ1) is 12.4. The molecule has 2 heteroatoms. The Hall–Kier alpha value is -1.80. The quantitative estimate of drug-likeness (QED) is 0.467. The largest absolute Gasteiger partial charge is 0.465 e. The molecule has 1 aliphatic rings. The van der Waals surface area contributed by atoms with Crippen LogP contribution in [0.1, 0.15) is 81.2 Å². The zero-order valence-corrected chi connectivity index (χ0v) is 15.5. The molecular formula is C23H31NO. The first-order valence-electron chi connectivity index (χ1n) is 9.98. The number of rotatable bonds is 11. The van der Waals surface area contributed by atoms with Gasteiger partial charge in [0.05, 0.1) is 12.3 Å². The minimum atomic E-state index is 0.256. The van der Waals surface area contributed by atoms with Crippen molar-refractivity contribution in [3.05, 3.63) is 59.5 Å². The lowest BCUT2D eigenvalue weighted by molar-refractivity contribution is 0.525. The van der Waals surface area contributed by atoms with Crippen molar-refractivity contribution < 1.29 is 4.42 Å². The Balaban J connectivity index is 1.46. The van der Waals surface area contributed by atoms with E-state index in [1.807, 2.05) is 6.07 Å². The van der Waals surface area contributed by atoms with Crippen LogP contribution in [-0.2, 0) is 0 Å². The number of nitrogens with one attached hydrogen (secondary N) is 1. The van der Waals surface area contributed by atoms with E-state index in [-0.39, 0.29) is 6.04 Å². The molecule has 2 nitrogen and oxygen atoms in total. The average Bonchev–Trinajstić information content (AvgIpc) is 3.28. The van der Waals surface area contributed by atoms with Crippen LogP contribution in [-0.4, -0.2) is 6.54 Å². The van der Waals surface area contributed by atoms with Crippen molar-refractivity contribution in [3.8, 4) is 0 Å². The fourth-order valence-corrected chi connectivity index (χ4v) is 3.71. The molecule has 0 aliphatic heterocycles. The predicted molar refractivity (Wildman–Crippen MR) is 106 cm³/mol. The third-order valence-electron chi connectivity index (χ3n) is 5.11. The second-order valence-electron chi connectivity index (χ2n) is 7.07. The van der Waals surface area contributed by atoms with Gasteiger partial charge in [-0.15, -0.1) is 0 Å². The number of hydrogen-bond acceptors (Lipinski definition) is 2. The molecule has 1 heterocycles. The van der Waals surface area contributed by atoms with Crippen LogP contribution >= 0.6 is 0 Å². The summed E-state index contributed by atoms with van der Waals surface area (Å²) in [6.45, 7) is 3.34. The molecule has 2 aromatic rings. The summed E-state index contributed by atoms with van der Waals surface area (Å²) in [6, 6.07) is 12.9. The van der Waals surface area contributed by atoms with Crippen molar-refractivity contribution in [1.29, 1.82) is 0 Å². The van der Waals surface area contributed by atoms with Gasteiger partial charge in [-0.05, 0) is 42.3 Å². The Bertz CT molecular complexity index is 656. The maximum Gasteiger partial charge on any atom is 0.131 e. The molecule has 0 bridgehead atoms. The lowest BCUT2D eigenvalue weighted by atomic mass is 10.0. The van der Waals surface area contributed by atoms with E-state index in [0.717, 1.165) is 12.3 Å². The predicted octanol–water partition coefficient (Wildman–Crippen LogP) is 6.61. The van der Waals surface area contributed by atoms with Crippen LogP contribution < -0.4 is 5.32 Å². The molecule has 0 spiro atoms. The van der Waals surface area contributed by atoms with Gasteiger partial charge in [-0.1, -0.05) is 76.1 Å². The van der Waals surface area contributed by atoms with Crippen LogP contribution in [0.2, 0.25) is 0 Å². The highest BCUT2D eigenvalue weighted by atomic mass is 16.3. The second-order valence-corrected chi connectivity index (χ2v) is 7.07. The van der Waals surface area contributed by atoms with Gasteiger partial charge in [-0.3, -0.25) is 0 Å². The Morgan fingerprint density at radius 3 is 2.40 bits per heavy atom. The smallest absolute Gasteiger partial charge is 0.131 e. The minimum absolute atomic E-state index is 0.256. The molecule has 1 aliphatic carbocycles. The van der Waals surface area contributed by atoms with Gasteiger partial charge >= 0.3 is 0 Å². The van der Waals surface area contributed by atoms with Crippen LogP contribution in [0.5, 0.6) is 0 Å². The molecule has 25 heavy (non-hydrogen) atoms. The van der Waals surface area contributed by atoms with Crippen LogP contribution in [0, 0.1) is 0 Å². The van der Waals surface area contributed by atoms with Gasteiger partial charge in [0.1, 0.15) is 5.76 Å². The fourth-order valence-electron chi connectivity index (χ4n) is 3.71. The van der Waals surface area contributed by atoms with E-state index in [9.17, 15) is 0 Å². The van der Waals surface area contributed by atoms with Gasteiger partial charge in [0.25, 0.3) is 0 Å². The monoisotopic (exact) mass is 337 g/mol. The van der Waals surface area contributed by atoms with Gasteiger partial charge in [-0.25, -0.2) is 0 Å². The number of unbranched alkanes of at least 4 members (excludes halogenated alkanes) is 7. The zero-order valence-electron chi connectivity index (χ0n) is 15.5. The number of benzene rings is 1. The molecule has 1 aromatic heterocycles. The van der Waals surface area contributed by atoms with E-state index in [0.29, 0.717) is 0 Å². The first-order valence-corrected chi connectivity index (χ1v) is 9.98. The number of fused-ring (bicyclic) bond motifs is 1. The van der Waals surface area contributed by atoms with E-state index in [2.05, 4.69) is 48.6 Å². The fraction of sp³-hybridized carbons (Fsp3) is 0.478. The van der Waals surface area contributed by atoms with Crippen molar-refractivity contribution in [2.24, 2.45) is 0 Å². The molecular weight excluding hydrogens is 306 g/mol. The van der Waals surface area contributed by atoms with E-state index in [1.54, 1.807) is 6.26 Å². The molecule has 0 amide bonds. The Kier molecular flexibility index (Phi) is 6.93. The molecule has 3 rings (SSSR count). The summed E-state index contributed by atoms with van der Waals surface area (Å²) in [5.41, 5.74) is 3.93. The lowest BCUT2D eigenvalue weighted by Crippen LogP contribution is -2.22. The molecule has 1 atom stereocenters.